The molecule has 2 nitrogen and oxygen atoms in total. The van der Waals surface area contributed by atoms with Crippen LogP contribution in [0.2, 0.25) is 0 Å². The Kier molecular flexibility index (Phi) is 5.97. The average Bonchev–Trinajstić information content (AvgIpc) is 1.85. The van der Waals surface area contributed by atoms with Gasteiger partial charge in [-0.05, 0) is 14.0 Å². The van der Waals surface area contributed by atoms with E-state index in [1.54, 1.807) is 0 Å². The summed E-state index contributed by atoms with van der Waals surface area (Å²) >= 11 is 3.21. The van der Waals surface area contributed by atoms with E-state index in [1.807, 2.05) is 14.0 Å². The summed E-state index contributed by atoms with van der Waals surface area (Å²) in [6.45, 7) is 7.14. The lowest BCUT2D eigenvalue weighted by Crippen LogP contribution is -2.23. The molecule has 1 unspecified atom stereocenters. The van der Waals surface area contributed by atoms with Gasteiger partial charge in [0, 0.05) is 11.0 Å². The first-order valence-corrected chi connectivity index (χ1v) is 4.05. The van der Waals surface area contributed by atoms with Crippen LogP contribution < -0.4 is 5.32 Å². The molecule has 0 rings (SSSR count). The molecule has 3 heteroatoms. The maximum absolute atomic E-state index is 5.33. The lowest BCUT2D eigenvalue weighted by Gasteiger charge is -2.10. The zero-order chi connectivity index (χ0) is 7.98. The van der Waals surface area contributed by atoms with Crippen molar-refractivity contribution in [2.45, 2.75) is 13.0 Å². The summed E-state index contributed by atoms with van der Waals surface area (Å²) in [6, 6.07) is 0. The van der Waals surface area contributed by atoms with E-state index in [1.165, 1.54) is 0 Å². The van der Waals surface area contributed by atoms with E-state index >= 15 is 0 Å². The third-order valence-electron chi connectivity index (χ3n) is 1.02. The summed E-state index contributed by atoms with van der Waals surface area (Å²) in [6.07, 6.45) is 0.249. The summed E-state index contributed by atoms with van der Waals surface area (Å²) in [5, 5.41) is 3.02. The molecule has 0 spiro atoms. The molecule has 0 fully saturated rings. The van der Waals surface area contributed by atoms with E-state index < -0.39 is 0 Å². The smallest absolute Gasteiger partial charge is 0.0780 e. The second-order valence-electron chi connectivity index (χ2n) is 2.20. The molecule has 1 atom stereocenters. The second kappa shape index (κ2) is 5.89. The Morgan fingerprint density at radius 1 is 1.80 bits per heavy atom. The Labute approximate surface area is 70.8 Å². The Bertz CT molecular complexity index is 106. The first-order valence-electron chi connectivity index (χ1n) is 3.26. The maximum Gasteiger partial charge on any atom is 0.0780 e. The molecule has 0 aromatic heterocycles. The monoisotopic (exact) mass is 207 g/mol. The highest BCUT2D eigenvalue weighted by Crippen LogP contribution is 2.02. The van der Waals surface area contributed by atoms with Crippen LogP contribution in [0, 0.1) is 0 Å². The summed E-state index contributed by atoms with van der Waals surface area (Å²) in [5.41, 5.74) is 0. The van der Waals surface area contributed by atoms with Crippen LogP contribution in [0.15, 0.2) is 11.1 Å². The van der Waals surface area contributed by atoms with Crippen molar-refractivity contribution in [3.05, 3.63) is 11.1 Å². The fraction of sp³-hybridized carbons (Fsp3) is 0.714. The molecule has 0 saturated heterocycles. The van der Waals surface area contributed by atoms with Crippen molar-refractivity contribution < 1.29 is 4.74 Å². The van der Waals surface area contributed by atoms with Crippen molar-refractivity contribution >= 4 is 15.9 Å². The summed E-state index contributed by atoms with van der Waals surface area (Å²) < 4.78 is 6.22. The summed E-state index contributed by atoms with van der Waals surface area (Å²) in [4.78, 5) is 0. The van der Waals surface area contributed by atoms with Crippen molar-refractivity contribution in [3.63, 3.8) is 0 Å². The predicted molar refractivity (Wildman–Crippen MR) is 47.4 cm³/mol. The third kappa shape index (κ3) is 6.26. The molecule has 10 heavy (non-hydrogen) atoms. The molecule has 0 aromatic rings. The first-order chi connectivity index (χ1) is 4.66. The topological polar surface area (TPSA) is 21.3 Å². The Morgan fingerprint density at radius 2 is 2.40 bits per heavy atom. The molecule has 0 heterocycles. The van der Waals surface area contributed by atoms with Gasteiger partial charge in [-0.25, -0.2) is 0 Å². The molecule has 0 amide bonds. The molecule has 1 N–H and O–H groups in total. The van der Waals surface area contributed by atoms with Crippen molar-refractivity contribution in [1.29, 1.82) is 0 Å². The minimum absolute atomic E-state index is 0.249. The van der Waals surface area contributed by atoms with Gasteiger partial charge in [-0.3, -0.25) is 0 Å². The summed E-state index contributed by atoms with van der Waals surface area (Å²) in [7, 11) is 1.91. The minimum atomic E-state index is 0.249. The van der Waals surface area contributed by atoms with Gasteiger partial charge in [0.1, 0.15) is 0 Å². The second-order valence-corrected chi connectivity index (χ2v) is 3.32. The van der Waals surface area contributed by atoms with Gasteiger partial charge in [-0.1, -0.05) is 22.5 Å². The van der Waals surface area contributed by atoms with Crippen LogP contribution in [0.5, 0.6) is 0 Å². The molecule has 60 valence electrons. The van der Waals surface area contributed by atoms with E-state index in [2.05, 4.69) is 27.8 Å². The summed E-state index contributed by atoms with van der Waals surface area (Å²) in [5.74, 6) is 0. The van der Waals surface area contributed by atoms with Gasteiger partial charge in [-0.2, -0.15) is 0 Å². The average molecular weight is 208 g/mol. The van der Waals surface area contributed by atoms with E-state index in [0.29, 0.717) is 6.61 Å². The number of nitrogens with one attached hydrogen (secondary N) is 1. The number of halogens is 1. The van der Waals surface area contributed by atoms with Gasteiger partial charge in [0.15, 0.2) is 0 Å². The number of hydrogen-bond acceptors (Lipinski definition) is 2. The quantitative estimate of drug-likeness (QED) is 0.739. The fourth-order valence-electron chi connectivity index (χ4n) is 0.579. The SMILES string of the molecule is C=C(Br)COC(C)CNC. The van der Waals surface area contributed by atoms with Crippen molar-refractivity contribution in [1.82, 2.24) is 5.32 Å². The highest BCUT2D eigenvalue weighted by molar-refractivity contribution is 9.11. The van der Waals surface area contributed by atoms with Gasteiger partial charge in [0.25, 0.3) is 0 Å². The zero-order valence-electron chi connectivity index (χ0n) is 6.48. The standard InChI is InChI=1S/C7H14BrNO/c1-6(8)5-10-7(2)4-9-3/h7,9H,1,4-5H2,2-3H3. The van der Waals surface area contributed by atoms with Crippen molar-refractivity contribution in [3.8, 4) is 0 Å². The lowest BCUT2D eigenvalue weighted by molar-refractivity contribution is 0.0884. The Hall–Kier alpha value is 0.140. The van der Waals surface area contributed by atoms with Gasteiger partial charge in [0.2, 0.25) is 0 Å². The molecule has 0 saturated carbocycles. The van der Waals surface area contributed by atoms with E-state index in [-0.39, 0.29) is 6.10 Å². The van der Waals surface area contributed by atoms with Crippen LogP contribution in [-0.4, -0.2) is 26.3 Å². The van der Waals surface area contributed by atoms with Crippen LogP contribution in [-0.2, 0) is 4.74 Å². The van der Waals surface area contributed by atoms with Gasteiger partial charge < -0.3 is 10.1 Å². The highest BCUT2D eigenvalue weighted by Gasteiger charge is 1.98. The van der Waals surface area contributed by atoms with Crippen LogP contribution >= 0.6 is 15.9 Å². The van der Waals surface area contributed by atoms with Crippen LogP contribution in [0.25, 0.3) is 0 Å². The zero-order valence-corrected chi connectivity index (χ0v) is 8.07. The van der Waals surface area contributed by atoms with Crippen LogP contribution in [0.4, 0.5) is 0 Å². The van der Waals surface area contributed by atoms with Crippen LogP contribution in [0.3, 0.4) is 0 Å². The molecule has 0 bridgehead atoms. The predicted octanol–water partition coefficient (Wildman–Crippen LogP) is 1.52. The molecule has 0 aliphatic rings. The molecule has 0 aromatic carbocycles. The van der Waals surface area contributed by atoms with Crippen molar-refractivity contribution in [2.24, 2.45) is 0 Å². The van der Waals surface area contributed by atoms with E-state index in [0.717, 1.165) is 11.0 Å². The number of ether oxygens (including phenoxy) is 1. The Morgan fingerprint density at radius 3 is 2.80 bits per heavy atom. The first kappa shape index (κ1) is 10.1. The third-order valence-corrected chi connectivity index (χ3v) is 1.24. The normalized spacial score (nSPS) is 13.1. The molecular weight excluding hydrogens is 194 g/mol. The number of likely N-dealkylation sites (N-methyl/N-ethyl adjacent to an activating group) is 1. The van der Waals surface area contributed by atoms with Gasteiger partial charge in [0.05, 0.1) is 12.7 Å². The molecule has 0 aliphatic heterocycles. The largest absolute Gasteiger partial charge is 0.372 e. The molecule has 0 radical (unpaired) electrons. The van der Waals surface area contributed by atoms with Gasteiger partial charge >= 0.3 is 0 Å². The van der Waals surface area contributed by atoms with E-state index in [9.17, 15) is 0 Å². The van der Waals surface area contributed by atoms with Crippen molar-refractivity contribution in [2.75, 3.05) is 20.2 Å². The lowest BCUT2D eigenvalue weighted by atomic mass is 10.4. The minimum Gasteiger partial charge on any atom is -0.372 e. The highest BCUT2D eigenvalue weighted by atomic mass is 79.9. The van der Waals surface area contributed by atoms with E-state index in [4.69, 9.17) is 4.74 Å². The molecular formula is C7H14BrNO. The van der Waals surface area contributed by atoms with Crippen LogP contribution in [0.1, 0.15) is 6.92 Å². The number of rotatable bonds is 5. The number of hydrogen-bond donors (Lipinski definition) is 1. The maximum atomic E-state index is 5.33. The van der Waals surface area contributed by atoms with Gasteiger partial charge in [-0.15, -0.1) is 0 Å². The fourth-order valence-corrected chi connectivity index (χ4v) is 0.711. The molecule has 0 aliphatic carbocycles. The Balaban J connectivity index is 3.21.